The van der Waals surface area contributed by atoms with Crippen LogP contribution in [0.2, 0.25) is 0 Å². The number of aryl methyl sites for hydroxylation is 1. The molecule has 0 unspecified atom stereocenters. The zero-order chi connectivity index (χ0) is 14.0. The Hall–Kier alpha value is -1.57. The van der Waals surface area contributed by atoms with E-state index in [2.05, 4.69) is 27.6 Å². The van der Waals surface area contributed by atoms with Crippen molar-refractivity contribution in [1.82, 2.24) is 4.98 Å². The number of benzene rings is 1. The van der Waals surface area contributed by atoms with Crippen molar-refractivity contribution < 1.29 is 13.9 Å². The van der Waals surface area contributed by atoms with Crippen LogP contribution in [0.4, 0.5) is 5.88 Å². The molecule has 100 valence electrons. The number of carbonyl (C=O) groups is 1. The second-order valence-corrected chi connectivity index (χ2v) is 4.97. The normalized spacial score (nSPS) is 10.5. The van der Waals surface area contributed by atoms with Gasteiger partial charge in [0.2, 0.25) is 17.5 Å². The van der Waals surface area contributed by atoms with E-state index < -0.39 is 5.97 Å². The highest BCUT2D eigenvalue weighted by Gasteiger charge is 2.21. The number of nitrogens with zero attached hydrogens (tertiary/aromatic N) is 1. The number of nitrogen functional groups attached to an aromatic ring is 1. The minimum Gasteiger partial charge on any atom is -0.461 e. The van der Waals surface area contributed by atoms with Gasteiger partial charge in [-0.25, -0.2) is 4.79 Å². The molecule has 1 aromatic heterocycles. The van der Waals surface area contributed by atoms with E-state index in [-0.39, 0.29) is 18.2 Å². The largest absolute Gasteiger partial charge is 0.461 e. The van der Waals surface area contributed by atoms with Crippen LogP contribution in [0.5, 0.6) is 0 Å². The van der Waals surface area contributed by atoms with Gasteiger partial charge in [0.1, 0.15) is 0 Å². The predicted octanol–water partition coefficient (Wildman–Crippen LogP) is 3.01. The first-order valence-corrected chi connectivity index (χ1v) is 6.81. The van der Waals surface area contributed by atoms with E-state index in [1.54, 1.807) is 6.92 Å². The van der Waals surface area contributed by atoms with Crippen molar-refractivity contribution in [2.24, 2.45) is 0 Å². The topological polar surface area (TPSA) is 78.3 Å². The highest BCUT2D eigenvalue weighted by Crippen LogP contribution is 2.29. The molecule has 2 rings (SSSR count). The Bertz CT molecular complexity index is 622. The summed E-state index contributed by atoms with van der Waals surface area (Å²) in [6, 6.07) is 5.76. The first kappa shape index (κ1) is 13.9. The molecule has 0 fully saturated rings. The minimum absolute atomic E-state index is 0.0224. The van der Waals surface area contributed by atoms with Crippen LogP contribution in [0.15, 0.2) is 22.6 Å². The van der Waals surface area contributed by atoms with Crippen molar-refractivity contribution in [2.45, 2.75) is 13.8 Å². The fourth-order valence-corrected chi connectivity index (χ4v) is 2.20. The van der Waals surface area contributed by atoms with E-state index in [1.165, 1.54) is 0 Å². The van der Waals surface area contributed by atoms with E-state index in [4.69, 9.17) is 14.9 Å². The second-order valence-electron chi connectivity index (χ2n) is 3.89. The average molecular weight is 372 g/mol. The Kier molecular flexibility index (Phi) is 4.08. The molecule has 0 aliphatic carbocycles. The number of hydrogen-bond acceptors (Lipinski definition) is 5. The number of rotatable bonds is 3. The van der Waals surface area contributed by atoms with E-state index in [0.717, 1.165) is 14.7 Å². The molecule has 0 spiro atoms. The molecule has 0 aliphatic heterocycles. The molecule has 2 N–H and O–H groups in total. The summed E-state index contributed by atoms with van der Waals surface area (Å²) >= 11 is 2.21. The maximum absolute atomic E-state index is 11.6. The van der Waals surface area contributed by atoms with Gasteiger partial charge >= 0.3 is 5.97 Å². The number of anilines is 1. The predicted molar refractivity (Wildman–Crippen MR) is 79.8 cm³/mol. The Morgan fingerprint density at radius 3 is 2.95 bits per heavy atom. The van der Waals surface area contributed by atoms with Crippen molar-refractivity contribution in [2.75, 3.05) is 12.3 Å². The lowest BCUT2D eigenvalue weighted by molar-refractivity contribution is 0.0521. The van der Waals surface area contributed by atoms with E-state index in [1.807, 2.05) is 25.1 Å². The highest BCUT2D eigenvalue weighted by molar-refractivity contribution is 14.1. The third-order valence-electron chi connectivity index (χ3n) is 2.54. The summed E-state index contributed by atoms with van der Waals surface area (Å²) in [6.07, 6.45) is 0. The van der Waals surface area contributed by atoms with Crippen molar-refractivity contribution in [3.05, 3.63) is 33.0 Å². The summed E-state index contributed by atoms with van der Waals surface area (Å²) in [5.41, 5.74) is 7.60. The first-order valence-electron chi connectivity index (χ1n) is 5.73. The Morgan fingerprint density at radius 2 is 2.26 bits per heavy atom. The van der Waals surface area contributed by atoms with Crippen LogP contribution in [0.3, 0.4) is 0 Å². The van der Waals surface area contributed by atoms with Gasteiger partial charge in [-0.2, -0.15) is 4.98 Å². The third kappa shape index (κ3) is 2.73. The molecule has 0 radical (unpaired) electrons. The summed E-state index contributed by atoms with van der Waals surface area (Å²) in [5, 5.41) is 0. The van der Waals surface area contributed by atoms with Gasteiger partial charge in [-0.15, -0.1) is 0 Å². The lowest BCUT2D eigenvalue weighted by Gasteiger charge is -2.02. The van der Waals surface area contributed by atoms with Gasteiger partial charge in [0, 0.05) is 3.57 Å². The minimum atomic E-state index is -0.572. The number of hydrogen-bond donors (Lipinski definition) is 1. The second kappa shape index (κ2) is 5.60. The fourth-order valence-electron chi connectivity index (χ4n) is 1.61. The Morgan fingerprint density at radius 1 is 1.53 bits per heavy atom. The maximum atomic E-state index is 11.6. The maximum Gasteiger partial charge on any atom is 0.362 e. The summed E-state index contributed by atoms with van der Waals surface area (Å²) in [4.78, 5) is 15.8. The van der Waals surface area contributed by atoms with Gasteiger partial charge in [-0.05, 0) is 48.1 Å². The molecular weight excluding hydrogens is 359 g/mol. The van der Waals surface area contributed by atoms with E-state index >= 15 is 0 Å². The van der Waals surface area contributed by atoms with Gasteiger partial charge in [0.05, 0.1) is 12.2 Å². The fraction of sp³-hybridized carbons (Fsp3) is 0.231. The molecule has 0 atom stereocenters. The Balaban J connectivity index is 2.45. The molecule has 0 bridgehead atoms. The van der Waals surface area contributed by atoms with Crippen molar-refractivity contribution >= 4 is 34.4 Å². The molecule has 0 saturated carbocycles. The molecule has 6 heteroatoms. The van der Waals surface area contributed by atoms with Gasteiger partial charge < -0.3 is 14.9 Å². The number of nitrogens with two attached hydrogens (primary N) is 1. The summed E-state index contributed by atoms with van der Waals surface area (Å²) in [5.74, 6) is -0.267. The van der Waals surface area contributed by atoms with Crippen LogP contribution in [0.25, 0.3) is 11.5 Å². The number of carbonyl (C=O) groups excluding carboxylic acids is 1. The van der Waals surface area contributed by atoms with Crippen LogP contribution >= 0.6 is 22.6 Å². The Labute approximate surface area is 124 Å². The number of oxazole rings is 1. The lowest BCUT2D eigenvalue weighted by atomic mass is 10.1. The molecular formula is C13H13IN2O3. The van der Waals surface area contributed by atoms with Gasteiger partial charge in [0.15, 0.2) is 0 Å². The molecule has 2 aromatic rings. The SMILES string of the molecule is CCOC(=O)c1nc(-c2cccc(C)c2I)oc1N. The lowest BCUT2D eigenvalue weighted by Crippen LogP contribution is -2.07. The number of halogens is 1. The number of aromatic nitrogens is 1. The molecule has 19 heavy (non-hydrogen) atoms. The third-order valence-corrected chi connectivity index (χ3v) is 3.98. The van der Waals surface area contributed by atoms with Gasteiger partial charge in [-0.3, -0.25) is 0 Å². The smallest absolute Gasteiger partial charge is 0.362 e. The quantitative estimate of drug-likeness (QED) is 0.662. The highest BCUT2D eigenvalue weighted by atomic mass is 127. The molecule has 0 amide bonds. The monoisotopic (exact) mass is 372 g/mol. The molecule has 1 heterocycles. The molecule has 0 saturated heterocycles. The van der Waals surface area contributed by atoms with Crippen LogP contribution in [0, 0.1) is 10.5 Å². The summed E-state index contributed by atoms with van der Waals surface area (Å²) < 4.78 is 11.2. The average Bonchev–Trinajstić information content (AvgIpc) is 2.75. The van der Waals surface area contributed by atoms with Crippen LogP contribution in [-0.4, -0.2) is 17.6 Å². The van der Waals surface area contributed by atoms with Crippen LogP contribution in [0.1, 0.15) is 23.0 Å². The summed E-state index contributed by atoms with van der Waals surface area (Å²) in [6.45, 7) is 3.98. The van der Waals surface area contributed by atoms with Crippen molar-refractivity contribution in [3.63, 3.8) is 0 Å². The van der Waals surface area contributed by atoms with E-state index in [9.17, 15) is 4.79 Å². The number of ether oxygens (including phenoxy) is 1. The molecule has 5 nitrogen and oxygen atoms in total. The number of esters is 1. The van der Waals surface area contributed by atoms with Crippen LogP contribution in [-0.2, 0) is 4.74 Å². The zero-order valence-corrected chi connectivity index (χ0v) is 12.7. The molecule has 1 aromatic carbocycles. The van der Waals surface area contributed by atoms with E-state index in [0.29, 0.717) is 5.89 Å². The van der Waals surface area contributed by atoms with Crippen molar-refractivity contribution in [1.29, 1.82) is 0 Å². The van der Waals surface area contributed by atoms with Gasteiger partial charge in [0.25, 0.3) is 0 Å². The first-order chi connectivity index (χ1) is 9.04. The standard InChI is InChI=1S/C13H13IN2O3/c1-3-18-13(17)10-11(15)19-12(16-10)8-6-4-5-7(2)9(8)14/h4-6H,3,15H2,1-2H3. The van der Waals surface area contributed by atoms with Crippen LogP contribution < -0.4 is 5.73 Å². The van der Waals surface area contributed by atoms with Gasteiger partial charge in [-0.1, -0.05) is 12.1 Å². The summed E-state index contributed by atoms with van der Waals surface area (Å²) in [7, 11) is 0. The molecule has 0 aliphatic rings. The van der Waals surface area contributed by atoms with Crippen molar-refractivity contribution in [3.8, 4) is 11.5 Å². The zero-order valence-electron chi connectivity index (χ0n) is 10.6.